The van der Waals surface area contributed by atoms with Gasteiger partial charge >= 0.3 is 6.09 Å². The molecular weight excluding hydrogens is 364 g/mol. The highest BCUT2D eigenvalue weighted by Gasteiger charge is 2.49. The highest BCUT2D eigenvalue weighted by Crippen LogP contribution is 2.37. The van der Waals surface area contributed by atoms with Crippen molar-refractivity contribution in [3.63, 3.8) is 0 Å². The summed E-state index contributed by atoms with van der Waals surface area (Å²) < 4.78 is 11.1. The quantitative estimate of drug-likeness (QED) is 0.693. The van der Waals surface area contributed by atoms with Gasteiger partial charge in [-0.05, 0) is 32.0 Å². The molecule has 0 saturated carbocycles. The Labute approximate surface area is 161 Å². The van der Waals surface area contributed by atoms with Crippen LogP contribution in [0.3, 0.4) is 0 Å². The lowest BCUT2D eigenvalue weighted by Crippen LogP contribution is -2.39. The number of carbonyl (C=O) groups is 2. The summed E-state index contributed by atoms with van der Waals surface area (Å²) in [5.41, 5.74) is 7.17. The van der Waals surface area contributed by atoms with Crippen molar-refractivity contribution < 1.29 is 24.2 Å². The number of primary amides is 1. The molecule has 2 aliphatic rings. The van der Waals surface area contributed by atoms with Gasteiger partial charge in [0.05, 0.1) is 35.9 Å². The van der Waals surface area contributed by atoms with Crippen LogP contribution in [0.1, 0.15) is 24.2 Å². The fourth-order valence-electron chi connectivity index (χ4n) is 3.93. The Bertz CT molecular complexity index is 947. The first-order chi connectivity index (χ1) is 13.4. The van der Waals surface area contributed by atoms with Gasteiger partial charge in [-0.3, -0.25) is 9.78 Å². The van der Waals surface area contributed by atoms with Gasteiger partial charge in [-0.25, -0.2) is 4.79 Å². The fraction of sp³-hybridized carbons (Fsp3) is 0.421. The molecule has 4 rings (SSSR count). The number of aromatic nitrogens is 1. The number of nitrogens with two attached hydrogens (primary N) is 1. The van der Waals surface area contributed by atoms with E-state index in [2.05, 4.69) is 10.3 Å². The number of nitrogens with one attached hydrogen (secondary N) is 1. The van der Waals surface area contributed by atoms with E-state index in [0.717, 1.165) is 11.1 Å². The van der Waals surface area contributed by atoms with Crippen LogP contribution in [0.2, 0.25) is 0 Å². The van der Waals surface area contributed by atoms with Gasteiger partial charge in [-0.2, -0.15) is 0 Å². The minimum atomic E-state index is -0.593. The van der Waals surface area contributed by atoms with Crippen LogP contribution in [0.15, 0.2) is 24.4 Å². The van der Waals surface area contributed by atoms with Crippen molar-refractivity contribution in [3.8, 4) is 5.75 Å². The summed E-state index contributed by atoms with van der Waals surface area (Å²) in [6, 6.07) is 4.60. The van der Waals surface area contributed by atoms with E-state index in [0.29, 0.717) is 17.8 Å². The molecule has 1 aromatic heterocycles. The monoisotopic (exact) mass is 386 g/mol. The molecule has 3 atom stereocenters. The van der Waals surface area contributed by atoms with E-state index in [-0.39, 0.29) is 30.4 Å². The largest absolute Gasteiger partial charge is 0.490 e. The minimum absolute atomic E-state index is 0.143. The van der Waals surface area contributed by atoms with Gasteiger partial charge in [0.25, 0.3) is 5.91 Å². The summed E-state index contributed by atoms with van der Waals surface area (Å²) in [6.45, 7) is 4.04. The number of rotatable bonds is 5. The molecule has 0 spiro atoms. The molecule has 2 saturated heterocycles. The van der Waals surface area contributed by atoms with Crippen LogP contribution in [0.5, 0.6) is 5.75 Å². The first kappa shape index (κ1) is 18.3. The van der Waals surface area contributed by atoms with Gasteiger partial charge in [0.15, 0.2) is 0 Å². The second-order valence-corrected chi connectivity index (χ2v) is 7.25. The van der Waals surface area contributed by atoms with E-state index in [1.165, 1.54) is 0 Å². The second kappa shape index (κ2) is 6.83. The first-order valence-corrected chi connectivity index (χ1v) is 9.13. The van der Waals surface area contributed by atoms with Gasteiger partial charge in [0.1, 0.15) is 11.9 Å². The number of aliphatic hydroxyl groups is 1. The molecule has 9 heteroatoms. The van der Waals surface area contributed by atoms with Crippen LogP contribution >= 0.6 is 0 Å². The Morgan fingerprint density at radius 3 is 2.96 bits per heavy atom. The Hall–Kier alpha value is -3.07. The molecule has 1 unspecified atom stereocenters. The third kappa shape index (κ3) is 2.97. The summed E-state index contributed by atoms with van der Waals surface area (Å²) in [4.78, 5) is 29.7. The predicted octanol–water partition coefficient (Wildman–Crippen LogP) is 0.779. The van der Waals surface area contributed by atoms with Crippen molar-refractivity contribution in [2.45, 2.75) is 38.1 Å². The maximum atomic E-state index is 11.9. The summed E-state index contributed by atoms with van der Waals surface area (Å²) in [7, 11) is 0. The number of hydrogen-bond acceptors (Lipinski definition) is 7. The Morgan fingerprint density at radius 1 is 1.50 bits per heavy atom. The molecule has 1 aromatic carbocycles. The van der Waals surface area contributed by atoms with Crippen LogP contribution in [-0.4, -0.2) is 59.5 Å². The lowest BCUT2D eigenvalue weighted by molar-refractivity contribution is 0.0994. The minimum Gasteiger partial charge on any atom is -0.490 e. The van der Waals surface area contributed by atoms with E-state index in [9.17, 15) is 14.7 Å². The fourth-order valence-corrected chi connectivity index (χ4v) is 3.93. The Kier molecular flexibility index (Phi) is 4.46. The molecular formula is C19H22N4O5. The van der Waals surface area contributed by atoms with E-state index in [4.69, 9.17) is 15.2 Å². The van der Waals surface area contributed by atoms with Crippen molar-refractivity contribution in [2.24, 2.45) is 5.73 Å². The van der Waals surface area contributed by atoms with Crippen LogP contribution in [0.25, 0.3) is 10.9 Å². The number of aliphatic hydroxyl groups excluding tert-OH is 1. The maximum Gasteiger partial charge on any atom is 0.407 e. The molecule has 3 heterocycles. The zero-order chi connectivity index (χ0) is 20.0. The normalized spacial score (nSPS) is 23.6. The Balaban J connectivity index is 1.81. The number of amides is 2. The van der Waals surface area contributed by atoms with Gasteiger partial charge in [0, 0.05) is 23.8 Å². The average molecular weight is 386 g/mol. The van der Waals surface area contributed by atoms with E-state index in [1.807, 2.05) is 24.8 Å². The third-order valence-corrected chi connectivity index (χ3v) is 5.06. The number of alkyl carbamates (subject to hydrolysis) is 1. The van der Waals surface area contributed by atoms with Crippen molar-refractivity contribution in [1.82, 2.24) is 10.3 Å². The van der Waals surface area contributed by atoms with Crippen LogP contribution in [0, 0.1) is 0 Å². The van der Waals surface area contributed by atoms with Gasteiger partial charge in [-0.1, -0.05) is 0 Å². The van der Waals surface area contributed by atoms with Crippen molar-refractivity contribution in [1.29, 1.82) is 0 Å². The highest BCUT2D eigenvalue weighted by atomic mass is 16.6. The molecule has 28 heavy (non-hydrogen) atoms. The zero-order valence-corrected chi connectivity index (χ0v) is 15.6. The second-order valence-electron chi connectivity index (χ2n) is 7.25. The molecule has 0 radical (unpaired) electrons. The summed E-state index contributed by atoms with van der Waals surface area (Å²) in [5, 5.41) is 13.5. The standard InChI is InChI=1S/C19H22N4O5/c1-9(2)27-16-6-10-12(5-11(16)18(20)25)21-4-3-14(10)23-7-13-17(15(23)8-24)28-19(26)22-13/h3-6,9,13,15,17,24H,7-8H2,1-2H3,(H2,20,25)(H,22,26)/t13-,15?,17-/m1/s1. The molecule has 4 N–H and O–H groups in total. The SMILES string of the molecule is CC(C)Oc1cc2c(N3C[C@H]4NC(=O)O[C@H]4C3CO)ccnc2cc1C(N)=O. The molecule has 2 aromatic rings. The van der Waals surface area contributed by atoms with Crippen molar-refractivity contribution in [2.75, 3.05) is 18.1 Å². The smallest absolute Gasteiger partial charge is 0.407 e. The van der Waals surface area contributed by atoms with E-state index in [1.54, 1.807) is 18.3 Å². The number of ether oxygens (including phenoxy) is 2. The highest BCUT2D eigenvalue weighted by molar-refractivity contribution is 6.02. The number of benzene rings is 1. The number of carbonyl (C=O) groups excluding carboxylic acids is 2. The van der Waals surface area contributed by atoms with Crippen LogP contribution in [0.4, 0.5) is 10.5 Å². The van der Waals surface area contributed by atoms with E-state index >= 15 is 0 Å². The summed E-state index contributed by atoms with van der Waals surface area (Å²) >= 11 is 0. The van der Waals surface area contributed by atoms with Crippen molar-refractivity contribution in [3.05, 3.63) is 30.0 Å². The number of fused-ring (bicyclic) bond motifs is 2. The third-order valence-electron chi connectivity index (χ3n) is 5.06. The van der Waals surface area contributed by atoms with Crippen LogP contribution < -0.4 is 20.7 Å². The van der Waals surface area contributed by atoms with Gasteiger partial charge in [-0.15, -0.1) is 0 Å². The first-order valence-electron chi connectivity index (χ1n) is 9.13. The molecule has 2 fully saturated rings. The lowest BCUT2D eigenvalue weighted by atomic mass is 10.1. The molecule has 0 aliphatic carbocycles. The topological polar surface area (TPSA) is 127 Å². The number of anilines is 1. The number of pyridine rings is 1. The number of hydrogen-bond donors (Lipinski definition) is 3. The van der Waals surface area contributed by atoms with Crippen molar-refractivity contribution >= 4 is 28.6 Å². The molecule has 9 nitrogen and oxygen atoms in total. The van der Waals surface area contributed by atoms with Gasteiger partial charge in [0.2, 0.25) is 0 Å². The predicted molar refractivity (Wildman–Crippen MR) is 101 cm³/mol. The molecule has 148 valence electrons. The zero-order valence-electron chi connectivity index (χ0n) is 15.6. The molecule has 0 bridgehead atoms. The molecule has 2 aliphatic heterocycles. The van der Waals surface area contributed by atoms with Gasteiger partial charge < -0.3 is 30.5 Å². The lowest BCUT2D eigenvalue weighted by Gasteiger charge is -2.28. The molecule has 2 amide bonds. The average Bonchev–Trinajstić information content (AvgIpc) is 3.15. The van der Waals surface area contributed by atoms with Crippen LogP contribution in [-0.2, 0) is 4.74 Å². The summed E-state index contributed by atoms with van der Waals surface area (Å²) in [6.07, 6.45) is 0.590. The van der Waals surface area contributed by atoms with E-state index < -0.39 is 18.1 Å². The summed E-state index contributed by atoms with van der Waals surface area (Å²) in [5.74, 6) is -0.210. The maximum absolute atomic E-state index is 11.9. The number of nitrogens with zero attached hydrogens (tertiary/aromatic N) is 2. The Morgan fingerprint density at radius 2 is 2.29 bits per heavy atom.